The van der Waals surface area contributed by atoms with Crippen molar-refractivity contribution >= 4 is 42.4 Å². The zero-order valence-electron chi connectivity index (χ0n) is 26.4. The van der Waals surface area contributed by atoms with E-state index in [1.54, 1.807) is 24.3 Å². The van der Waals surface area contributed by atoms with Crippen LogP contribution in [0.5, 0.6) is 11.5 Å². The third-order valence-electron chi connectivity index (χ3n) is 8.99. The van der Waals surface area contributed by atoms with Gasteiger partial charge in [-0.25, -0.2) is 8.78 Å². The summed E-state index contributed by atoms with van der Waals surface area (Å²) in [6.07, 6.45) is 0. The van der Waals surface area contributed by atoms with Crippen LogP contribution in [-0.4, -0.2) is 13.0 Å². The van der Waals surface area contributed by atoms with Crippen molar-refractivity contribution in [3.63, 3.8) is 0 Å². The molecule has 8 aromatic carbocycles. The molecule has 0 saturated carbocycles. The van der Waals surface area contributed by atoms with Gasteiger partial charge in [-0.15, -0.1) is 0 Å². The molecule has 0 aliphatic rings. The molecular weight excluding hydrogens is 677 g/mol. The topological polar surface area (TPSA) is 63.6 Å². The molecule has 0 atom stereocenters. The van der Waals surface area contributed by atoms with Crippen LogP contribution >= 0.6 is 0 Å². The minimum atomic E-state index is -5.69. The highest BCUT2D eigenvalue weighted by Gasteiger charge is 2.34. The lowest BCUT2D eigenvalue weighted by Gasteiger charge is -2.22. The molecule has 0 saturated heterocycles. The zero-order valence-corrected chi connectivity index (χ0v) is 27.2. The van der Waals surface area contributed by atoms with Gasteiger partial charge in [0.1, 0.15) is 5.75 Å². The van der Waals surface area contributed by atoms with Crippen molar-refractivity contribution in [2.75, 3.05) is 0 Å². The van der Waals surface area contributed by atoms with Crippen LogP contribution in [0.3, 0.4) is 0 Å². The molecule has 0 unspecified atom stereocenters. The zero-order chi connectivity index (χ0) is 35.4. The molecule has 1 N–H and O–H groups in total. The first-order valence-corrected chi connectivity index (χ1v) is 17.2. The average Bonchev–Trinajstić information content (AvgIpc) is 3.14. The molecule has 51 heavy (non-hydrogen) atoms. The summed E-state index contributed by atoms with van der Waals surface area (Å²) < 4.78 is 101. The van der Waals surface area contributed by atoms with Crippen molar-refractivity contribution in [1.29, 1.82) is 0 Å². The molecule has 0 bridgehead atoms. The van der Waals surface area contributed by atoms with Gasteiger partial charge < -0.3 is 4.74 Å². The van der Waals surface area contributed by atoms with E-state index in [4.69, 9.17) is 4.74 Å². The first-order chi connectivity index (χ1) is 24.6. The summed E-state index contributed by atoms with van der Waals surface area (Å²) in [6, 6.07) is 43.3. The third-order valence-corrected chi connectivity index (χ3v) is 9.87. The van der Waals surface area contributed by atoms with Gasteiger partial charge in [-0.1, -0.05) is 127 Å². The van der Waals surface area contributed by atoms with Gasteiger partial charge in [0.2, 0.25) is 17.4 Å². The summed E-state index contributed by atoms with van der Waals surface area (Å²) in [5.41, 5.74) is 3.39. The van der Waals surface area contributed by atoms with E-state index in [2.05, 4.69) is 0 Å². The summed E-state index contributed by atoms with van der Waals surface area (Å²) in [5.74, 6) is -10.6. The fourth-order valence-corrected chi connectivity index (χ4v) is 7.33. The first kappa shape index (κ1) is 32.2. The quantitative estimate of drug-likeness (QED) is 0.107. The van der Waals surface area contributed by atoms with Gasteiger partial charge in [0, 0.05) is 11.1 Å². The number of benzene rings is 8. The molecule has 9 heteroatoms. The largest absolute Gasteiger partial charge is 0.450 e. The molecule has 0 aliphatic carbocycles. The summed E-state index contributed by atoms with van der Waals surface area (Å²) in [4.78, 5) is -2.15. The van der Waals surface area contributed by atoms with Crippen molar-refractivity contribution in [3.05, 3.63) is 163 Å². The summed E-state index contributed by atoms with van der Waals surface area (Å²) >= 11 is 0. The Morgan fingerprint density at radius 2 is 0.804 bits per heavy atom. The maximum atomic E-state index is 15.7. The molecule has 0 aromatic heterocycles. The molecule has 0 heterocycles. The van der Waals surface area contributed by atoms with Gasteiger partial charge in [-0.3, -0.25) is 4.55 Å². The van der Waals surface area contributed by atoms with Crippen LogP contribution in [0, 0.1) is 23.3 Å². The van der Waals surface area contributed by atoms with Crippen molar-refractivity contribution in [2.24, 2.45) is 0 Å². The lowest BCUT2D eigenvalue weighted by atomic mass is 9.87. The maximum absolute atomic E-state index is 15.7. The fourth-order valence-electron chi connectivity index (χ4n) is 6.70. The Bertz CT molecular complexity index is 2670. The molecule has 4 nitrogen and oxygen atoms in total. The molecule has 8 rings (SSSR count). The van der Waals surface area contributed by atoms with E-state index in [0.29, 0.717) is 27.8 Å². The SMILES string of the molecule is O=S(=O)(O)c1c(F)c(F)c(Oc2c(-c3cccc4ccccc34)cc(-c3cccc4ccccc34)cc2-c2cccc3ccccc23)c(F)c1F. The minimum Gasteiger partial charge on any atom is -0.450 e. The molecule has 0 spiro atoms. The van der Waals surface area contributed by atoms with E-state index < -0.39 is 44.0 Å². The molecule has 0 fully saturated rings. The normalized spacial score (nSPS) is 11.8. The maximum Gasteiger partial charge on any atom is 0.300 e. The second kappa shape index (κ2) is 12.4. The summed E-state index contributed by atoms with van der Waals surface area (Å²) in [6.45, 7) is 0. The van der Waals surface area contributed by atoms with Crippen molar-refractivity contribution < 1.29 is 35.3 Å². The van der Waals surface area contributed by atoms with Crippen LogP contribution in [-0.2, 0) is 10.1 Å². The highest BCUT2D eigenvalue weighted by Crippen LogP contribution is 2.49. The lowest BCUT2D eigenvalue weighted by Crippen LogP contribution is -2.11. The Hall–Kier alpha value is -6.03. The highest BCUT2D eigenvalue weighted by molar-refractivity contribution is 7.85. The highest BCUT2D eigenvalue weighted by atomic mass is 32.2. The van der Waals surface area contributed by atoms with Crippen molar-refractivity contribution in [2.45, 2.75) is 4.90 Å². The smallest absolute Gasteiger partial charge is 0.300 e. The second-order valence-electron chi connectivity index (χ2n) is 12.0. The molecule has 8 aromatic rings. The monoisotopic (exact) mass is 700 g/mol. The summed E-state index contributed by atoms with van der Waals surface area (Å²) in [7, 11) is -5.69. The molecule has 0 amide bonds. The second-order valence-corrected chi connectivity index (χ2v) is 13.3. The Kier molecular flexibility index (Phi) is 7.82. The Balaban J connectivity index is 1.53. The van der Waals surface area contributed by atoms with Crippen molar-refractivity contribution in [1.82, 2.24) is 0 Å². The Morgan fingerprint density at radius 1 is 0.431 bits per heavy atom. The van der Waals surface area contributed by atoms with Crippen LogP contribution in [0.2, 0.25) is 0 Å². The number of ether oxygens (including phenoxy) is 1. The van der Waals surface area contributed by atoms with E-state index in [-0.39, 0.29) is 5.75 Å². The Morgan fingerprint density at radius 3 is 1.24 bits per heavy atom. The van der Waals surface area contributed by atoms with Crippen LogP contribution in [0.25, 0.3) is 65.7 Å². The van der Waals surface area contributed by atoms with Crippen LogP contribution < -0.4 is 4.74 Å². The van der Waals surface area contributed by atoms with E-state index in [9.17, 15) is 13.0 Å². The Labute approximate surface area is 289 Å². The average molecular weight is 701 g/mol. The minimum absolute atomic E-state index is 0.150. The van der Waals surface area contributed by atoms with E-state index in [0.717, 1.165) is 37.9 Å². The number of rotatable bonds is 6. The van der Waals surface area contributed by atoms with Crippen LogP contribution in [0.15, 0.2) is 144 Å². The summed E-state index contributed by atoms with van der Waals surface area (Å²) in [5, 5.41) is 5.10. The number of halogens is 4. The van der Waals surface area contributed by atoms with E-state index in [1.165, 1.54) is 0 Å². The fraction of sp³-hybridized carbons (Fsp3) is 0. The predicted molar refractivity (Wildman–Crippen MR) is 191 cm³/mol. The number of hydrogen-bond donors (Lipinski definition) is 1. The van der Waals surface area contributed by atoms with E-state index >= 15 is 17.6 Å². The van der Waals surface area contributed by atoms with E-state index in [1.807, 2.05) is 115 Å². The van der Waals surface area contributed by atoms with Crippen molar-refractivity contribution in [3.8, 4) is 44.9 Å². The number of fused-ring (bicyclic) bond motifs is 3. The lowest BCUT2D eigenvalue weighted by molar-refractivity contribution is 0.348. The van der Waals surface area contributed by atoms with Gasteiger partial charge in [-0.2, -0.15) is 17.2 Å². The van der Waals surface area contributed by atoms with Gasteiger partial charge in [0.25, 0.3) is 0 Å². The van der Waals surface area contributed by atoms with Gasteiger partial charge in [0.15, 0.2) is 16.5 Å². The number of hydrogen-bond acceptors (Lipinski definition) is 3. The van der Waals surface area contributed by atoms with Crippen LogP contribution in [0.1, 0.15) is 0 Å². The first-order valence-electron chi connectivity index (χ1n) is 15.8. The molecule has 0 radical (unpaired) electrons. The van der Waals surface area contributed by atoms with Crippen LogP contribution in [0.4, 0.5) is 17.6 Å². The molecule has 0 aliphatic heterocycles. The predicted octanol–water partition coefficient (Wildman–Crippen LogP) is 11.7. The standard InChI is InChI=1S/C42H24F4O4S/c43-36-38(45)42(51(47,48)49)39(46)37(44)41(36)50-40-34(32-20-8-14-25-11-2-5-17-29(25)32)22-27(31-19-7-13-24-10-1-4-16-28(24)31)23-35(40)33-21-9-15-26-12-3-6-18-30(26)33/h1-23H,(H,47,48,49). The van der Waals surface area contributed by atoms with Gasteiger partial charge >= 0.3 is 10.1 Å². The third kappa shape index (κ3) is 5.47. The molecular formula is C42H24F4O4S. The molecule has 250 valence electrons. The van der Waals surface area contributed by atoms with Gasteiger partial charge in [-0.05, 0) is 66.7 Å². The van der Waals surface area contributed by atoms with Gasteiger partial charge in [0.05, 0.1) is 0 Å².